The van der Waals surface area contributed by atoms with Gasteiger partial charge in [-0.25, -0.2) is 0 Å². The topological polar surface area (TPSA) is 60.9 Å². The van der Waals surface area contributed by atoms with E-state index < -0.39 is 5.54 Å². The molecular weight excluding hydrogens is 450 g/mol. The summed E-state index contributed by atoms with van der Waals surface area (Å²) in [7, 11) is 3.46. The number of carbonyl (C=O) groups is 3. The maximum Gasteiger partial charge on any atom is 0.248 e. The lowest BCUT2D eigenvalue weighted by molar-refractivity contribution is -0.164. The molecule has 2 aromatic carbocycles. The highest BCUT2D eigenvalue weighted by atomic mass is 35.5. The Morgan fingerprint density at radius 2 is 1.76 bits per heavy atom. The van der Waals surface area contributed by atoms with Crippen molar-refractivity contribution in [1.29, 1.82) is 0 Å². The molecule has 1 aliphatic rings. The lowest BCUT2D eigenvalue weighted by Crippen LogP contribution is -2.68. The molecule has 0 saturated carbocycles. The van der Waals surface area contributed by atoms with Crippen LogP contribution < -0.4 is 0 Å². The molecule has 3 rings (SSSR count). The molecule has 182 valence electrons. The minimum atomic E-state index is -0.876. The van der Waals surface area contributed by atoms with E-state index in [1.165, 1.54) is 0 Å². The lowest BCUT2D eigenvalue weighted by Gasteiger charge is -2.51. The van der Waals surface area contributed by atoms with Crippen LogP contribution in [0.25, 0.3) is 0 Å². The van der Waals surface area contributed by atoms with E-state index >= 15 is 0 Å². The molecule has 1 unspecified atom stereocenters. The highest BCUT2D eigenvalue weighted by Gasteiger charge is 2.50. The third-order valence-corrected chi connectivity index (χ3v) is 6.76. The molecule has 0 radical (unpaired) electrons. The average Bonchev–Trinajstić information content (AvgIpc) is 2.77. The molecule has 0 bridgehead atoms. The van der Waals surface area contributed by atoms with E-state index in [2.05, 4.69) is 0 Å². The molecule has 1 fully saturated rings. The zero-order valence-electron chi connectivity index (χ0n) is 20.5. The molecule has 1 saturated heterocycles. The second-order valence-corrected chi connectivity index (χ2v) is 9.92. The predicted octanol–water partition coefficient (Wildman–Crippen LogP) is 4.08. The quantitative estimate of drug-likeness (QED) is 0.540. The fraction of sp³-hybridized carbons (Fsp3) is 0.444. The number of hydrogen-bond donors (Lipinski definition) is 0. The zero-order chi connectivity index (χ0) is 24.9. The minimum Gasteiger partial charge on any atom is -0.349 e. The average molecular weight is 484 g/mol. The maximum absolute atomic E-state index is 13.8. The Morgan fingerprint density at radius 3 is 2.35 bits per heavy atom. The SMILES string of the molecule is Cc1cccc(CC(=O)N2CCC2(C)C(=O)N(CCCC(=O)N(C)C)Cc2ccc(Cl)cc2)c1. The fourth-order valence-corrected chi connectivity index (χ4v) is 4.45. The van der Waals surface area contributed by atoms with E-state index in [0.717, 1.165) is 16.7 Å². The molecule has 34 heavy (non-hydrogen) atoms. The van der Waals surface area contributed by atoms with Crippen LogP contribution in [0.15, 0.2) is 48.5 Å². The van der Waals surface area contributed by atoms with Gasteiger partial charge < -0.3 is 14.7 Å². The third kappa shape index (κ3) is 6.17. The first-order chi connectivity index (χ1) is 16.1. The van der Waals surface area contributed by atoms with E-state index in [0.29, 0.717) is 43.9 Å². The molecule has 3 amide bonds. The third-order valence-electron chi connectivity index (χ3n) is 6.51. The van der Waals surface area contributed by atoms with E-state index in [4.69, 9.17) is 11.6 Å². The van der Waals surface area contributed by atoms with E-state index in [1.807, 2.05) is 50.2 Å². The Labute approximate surface area is 207 Å². The van der Waals surface area contributed by atoms with Gasteiger partial charge in [-0.2, -0.15) is 0 Å². The van der Waals surface area contributed by atoms with Crippen LogP contribution in [0.2, 0.25) is 5.02 Å². The van der Waals surface area contributed by atoms with Crippen molar-refractivity contribution in [3.8, 4) is 0 Å². The number of amides is 3. The normalized spacial score (nSPS) is 17.1. The Morgan fingerprint density at radius 1 is 1.06 bits per heavy atom. The molecule has 0 N–H and O–H groups in total. The van der Waals surface area contributed by atoms with Gasteiger partial charge in [0, 0.05) is 45.2 Å². The number of hydrogen-bond acceptors (Lipinski definition) is 3. The lowest BCUT2D eigenvalue weighted by atomic mass is 9.84. The van der Waals surface area contributed by atoms with Gasteiger partial charge in [0.05, 0.1) is 6.42 Å². The van der Waals surface area contributed by atoms with Crippen molar-refractivity contribution < 1.29 is 14.4 Å². The van der Waals surface area contributed by atoms with Crippen LogP contribution in [0.4, 0.5) is 0 Å². The first kappa shape index (κ1) is 25.8. The fourth-order valence-electron chi connectivity index (χ4n) is 4.32. The Hall–Kier alpha value is -2.86. The number of halogens is 1. The Bertz CT molecular complexity index is 1040. The second kappa shape index (κ2) is 11.0. The van der Waals surface area contributed by atoms with E-state index in [-0.39, 0.29) is 24.1 Å². The van der Waals surface area contributed by atoms with E-state index in [1.54, 1.807) is 40.9 Å². The number of carbonyl (C=O) groups excluding carboxylic acids is 3. The molecule has 7 heteroatoms. The summed E-state index contributed by atoms with van der Waals surface area (Å²) in [5.74, 6) is -0.0887. The molecule has 6 nitrogen and oxygen atoms in total. The van der Waals surface area contributed by atoms with Gasteiger partial charge in [0.2, 0.25) is 17.7 Å². The summed E-state index contributed by atoms with van der Waals surface area (Å²) < 4.78 is 0. The number of aryl methyl sites for hydroxylation is 1. The van der Waals surface area contributed by atoms with Gasteiger partial charge >= 0.3 is 0 Å². The van der Waals surface area contributed by atoms with Crippen molar-refractivity contribution in [1.82, 2.24) is 14.7 Å². The summed E-state index contributed by atoms with van der Waals surface area (Å²) in [4.78, 5) is 44.0. The summed E-state index contributed by atoms with van der Waals surface area (Å²) in [5.41, 5.74) is 2.14. The first-order valence-electron chi connectivity index (χ1n) is 11.7. The van der Waals surface area contributed by atoms with Crippen LogP contribution in [0, 0.1) is 6.92 Å². The number of rotatable bonds is 9. The summed E-state index contributed by atoms with van der Waals surface area (Å²) in [5, 5.41) is 0.636. The van der Waals surface area contributed by atoms with Crippen LogP contribution >= 0.6 is 11.6 Å². The zero-order valence-corrected chi connectivity index (χ0v) is 21.3. The second-order valence-electron chi connectivity index (χ2n) is 9.48. The largest absolute Gasteiger partial charge is 0.349 e. The van der Waals surface area contributed by atoms with Crippen molar-refractivity contribution in [3.05, 3.63) is 70.2 Å². The molecule has 1 aliphatic heterocycles. The molecule has 1 heterocycles. The number of benzene rings is 2. The van der Waals surface area contributed by atoms with Gasteiger partial charge in [0.25, 0.3) is 0 Å². The number of likely N-dealkylation sites (tertiary alicyclic amines) is 1. The Kier molecular flexibility index (Phi) is 8.37. The highest BCUT2D eigenvalue weighted by Crippen LogP contribution is 2.34. The van der Waals surface area contributed by atoms with Gasteiger partial charge in [-0.15, -0.1) is 0 Å². The summed E-state index contributed by atoms with van der Waals surface area (Å²) >= 11 is 6.03. The summed E-state index contributed by atoms with van der Waals surface area (Å²) in [6.07, 6.45) is 1.83. The molecule has 1 atom stereocenters. The monoisotopic (exact) mass is 483 g/mol. The van der Waals surface area contributed by atoms with Crippen molar-refractivity contribution in [3.63, 3.8) is 0 Å². The molecular formula is C27H34ClN3O3. The van der Waals surface area contributed by atoms with Gasteiger partial charge in [0.1, 0.15) is 5.54 Å². The predicted molar refractivity (Wildman–Crippen MR) is 134 cm³/mol. The molecule has 0 aromatic heterocycles. The summed E-state index contributed by atoms with van der Waals surface area (Å²) in [6, 6.07) is 15.3. The molecule has 0 aliphatic carbocycles. The van der Waals surface area contributed by atoms with Crippen LogP contribution in [-0.4, -0.2) is 65.1 Å². The first-order valence-corrected chi connectivity index (χ1v) is 12.1. The van der Waals surface area contributed by atoms with Crippen molar-refractivity contribution >= 4 is 29.3 Å². The van der Waals surface area contributed by atoms with Gasteiger partial charge in [-0.1, -0.05) is 53.6 Å². The van der Waals surface area contributed by atoms with Crippen molar-refractivity contribution in [2.45, 2.75) is 51.6 Å². The smallest absolute Gasteiger partial charge is 0.248 e. The molecule has 2 aromatic rings. The van der Waals surface area contributed by atoms with Crippen LogP contribution in [0.3, 0.4) is 0 Å². The van der Waals surface area contributed by atoms with Crippen LogP contribution in [0.1, 0.15) is 42.9 Å². The van der Waals surface area contributed by atoms with Gasteiger partial charge in [-0.05, 0) is 49.9 Å². The van der Waals surface area contributed by atoms with Gasteiger partial charge in [-0.3, -0.25) is 14.4 Å². The maximum atomic E-state index is 13.8. The van der Waals surface area contributed by atoms with Crippen LogP contribution in [0.5, 0.6) is 0 Å². The summed E-state index contributed by atoms with van der Waals surface area (Å²) in [6.45, 7) is 5.27. The standard InChI is InChI=1S/C27H34ClN3O3/c1-20-7-5-8-22(17-20)18-25(33)31-16-14-27(31,2)26(34)30(15-6-9-24(32)29(3)4)19-21-10-12-23(28)13-11-21/h5,7-8,10-13,17H,6,9,14-16,18-19H2,1-4H3. The van der Waals surface area contributed by atoms with E-state index in [9.17, 15) is 14.4 Å². The van der Waals surface area contributed by atoms with Crippen molar-refractivity contribution in [2.75, 3.05) is 27.2 Å². The van der Waals surface area contributed by atoms with Crippen LogP contribution in [-0.2, 0) is 27.3 Å². The Balaban J connectivity index is 1.73. The highest BCUT2D eigenvalue weighted by molar-refractivity contribution is 6.30. The van der Waals surface area contributed by atoms with Crippen molar-refractivity contribution in [2.24, 2.45) is 0 Å². The molecule has 0 spiro atoms. The minimum absolute atomic E-state index is 0.0312. The number of nitrogens with zero attached hydrogens (tertiary/aromatic N) is 3. The van der Waals surface area contributed by atoms with Gasteiger partial charge in [0.15, 0.2) is 0 Å².